The summed E-state index contributed by atoms with van der Waals surface area (Å²) in [7, 11) is 0. The number of carbonyl (C=O) groups is 1. The van der Waals surface area contributed by atoms with Gasteiger partial charge in [-0.3, -0.25) is 0 Å². The van der Waals surface area contributed by atoms with Crippen molar-refractivity contribution in [2.24, 2.45) is 17.3 Å². The fraction of sp³-hybridized carbons (Fsp3) is 0.486. The highest BCUT2D eigenvalue weighted by molar-refractivity contribution is 5.91. The van der Waals surface area contributed by atoms with E-state index in [1.165, 1.54) is 6.07 Å². The largest absolute Gasteiger partial charge is 0.508 e. The van der Waals surface area contributed by atoms with Crippen LogP contribution in [0.4, 0.5) is 0 Å². The van der Waals surface area contributed by atoms with Crippen LogP contribution < -0.4 is 9.47 Å². The summed E-state index contributed by atoms with van der Waals surface area (Å²) in [5.74, 6) is -8.51. The van der Waals surface area contributed by atoms with Crippen molar-refractivity contribution in [1.29, 1.82) is 0 Å². The van der Waals surface area contributed by atoms with Gasteiger partial charge < -0.3 is 85.7 Å². The summed E-state index contributed by atoms with van der Waals surface area (Å²) >= 11 is 0. The van der Waals surface area contributed by atoms with Crippen LogP contribution in [0, 0.1) is 17.3 Å². The van der Waals surface area contributed by atoms with Crippen LogP contribution in [-0.2, 0) is 17.6 Å². The predicted octanol–water partition coefficient (Wildman–Crippen LogP) is -0.899. The van der Waals surface area contributed by atoms with Crippen LogP contribution in [0.25, 0.3) is 0 Å². The number of hydrogen-bond acceptors (Lipinski definition) is 18. The average Bonchev–Trinajstić information content (AvgIpc) is 3.21. The summed E-state index contributed by atoms with van der Waals surface area (Å²) in [6.45, 7) is 0. The topological polar surface area (TPSA) is 328 Å². The Balaban J connectivity index is 1.40. The number of benzene rings is 3. The van der Waals surface area contributed by atoms with E-state index >= 15 is 0 Å². The van der Waals surface area contributed by atoms with E-state index in [1.807, 2.05) is 0 Å². The third-order valence-corrected chi connectivity index (χ3v) is 11.8. The first-order valence-corrected chi connectivity index (χ1v) is 17.6. The van der Waals surface area contributed by atoms with Crippen LogP contribution in [-0.4, -0.2) is 139 Å². The van der Waals surface area contributed by atoms with E-state index in [2.05, 4.69) is 0 Å². The lowest BCUT2D eigenvalue weighted by Gasteiger charge is -2.59. The minimum Gasteiger partial charge on any atom is -0.508 e. The minimum atomic E-state index is -2.04. The number of carbonyl (C=O) groups excluding carboxylic acids is 1. The Morgan fingerprint density at radius 1 is 0.600 bits per heavy atom. The summed E-state index contributed by atoms with van der Waals surface area (Å²) in [4.78, 5) is 13.7. The van der Waals surface area contributed by atoms with Crippen LogP contribution in [0.3, 0.4) is 0 Å². The monoisotopic (exact) mass is 774 g/mol. The zero-order valence-corrected chi connectivity index (χ0v) is 28.8. The molecule has 4 aliphatic rings. The molecular weight excluding hydrogens is 732 g/mol. The number of aromatic hydroxyl groups is 7. The van der Waals surface area contributed by atoms with Crippen molar-refractivity contribution in [3.05, 3.63) is 53.1 Å². The van der Waals surface area contributed by atoms with Crippen LogP contribution in [0.15, 0.2) is 36.4 Å². The second-order valence-corrected chi connectivity index (χ2v) is 15.0. The van der Waals surface area contributed by atoms with Crippen LogP contribution in [0.2, 0.25) is 0 Å². The Labute approximate surface area is 311 Å². The predicted molar refractivity (Wildman–Crippen MR) is 182 cm³/mol. The maximum atomic E-state index is 13.7. The number of aliphatic hydroxyl groups excluding tert-OH is 7. The zero-order valence-electron chi connectivity index (χ0n) is 28.8. The number of hydrogen-bond donors (Lipinski definition) is 14. The smallest absolute Gasteiger partial charge is 0.338 e. The average molecular weight is 775 g/mol. The van der Waals surface area contributed by atoms with Crippen molar-refractivity contribution in [3.8, 4) is 51.7 Å². The summed E-state index contributed by atoms with van der Waals surface area (Å²) in [5.41, 5.74) is -2.32. The molecule has 2 aliphatic carbocycles. The molecule has 0 aromatic heterocycles. The summed E-state index contributed by atoms with van der Waals surface area (Å²) in [6.07, 6.45) is -19.4. The molecule has 2 fully saturated rings. The molecule has 0 radical (unpaired) electrons. The first-order valence-electron chi connectivity index (χ1n) is 17.6. The normalized spacial score (nSPS) is 35.8. The fourth-order valence-electron chi connectivity index (χ4n) is 9.19. The number of rotatable bonds is 4. The first-order chi connectivity index (χ1) is 25.9. The van der Waals surface area contributed by atoms with Gasteiger partial charge in [0.15, 0.2) is 17.2 Å². The third kappa shape index (κ3) is 6.42. The molecule has 2 saturated carbocycles. The van der Waals surface area contributed by atoms with Crippen molar-refractivity contribution in [2.75, 3.05) is 0 Å². The molecule has 13 atom stereocenters. The molecule has 0 saturated heterocycles. The van der Waals surface area contributed by atoms with E-state index < -0.39 is 149 Å². The molecule has 18 nitrogen and oxygen atoms in total. The van der Waals surface area contributed by atoms with E-state index in [1.54, 1.807) is 0 Å². The molecule has 3 aromatic rings. The van der Waals surface area contributed by atoms with E-state index in [0.29, 0.717) is 0 Å². The van der Waals surface area contributed by atoms with Crippen molar-refractivity contribution < 1.29 is 90.5 Å². The van der Waals surface area contributed by atoms with E-state index in [-0.39, 0.29) is 35.5 Å². The number of ether oxygens (including phenoxy) is 3. The Morgan fingerprint density at radius 3 is 1.69 bits per heavy atom. The van der Waals surface area contributed by atoms with Crippen LogP contribution in [0.5, 0.6) is 51.7 Å². The van der Waals surface area contributed by atoms with Gasteiger partial charge in [-0.1, -0.05) is 0 Å². The molecular formula is C37H42O18. The number of phenols is 7. The summed E-state index contributed by atoms with van der Waals surface area (Å²) < 4.78 is 18.5. The number of aliphatic hydroxyl groups is 7. The molecule has 2 heterocycles. The zero-order chi connectivity index (χ0) is 39.8. The molecule has 0 amide bonds. The SMILES string of the molecule is O=C(OC1Cc2c(O)cc(O)cc2OC1C1CC(O)C(O)C(O)CC12C(O)C(O)C(O)CC2C1Oc2cc(O)cc(O)c2CC1O)c1cc(O)c(O)c(O)c1. The lowest BCUT2D eigenvalue weighted by atomic mass is 9.51. The molecule has 14 N–H and O–H groups in total. The first kappa shape index (κ1) is 38.3. The highest BCUT2D eigenvalue weighted by Gasteiger charge is 2.66. The van der Waals surface area contributed by atoms with E-state index in [9.17, 15) is 76.3 Å². The Morgan fingerprint density at radius 2 is 1.11 bits per heavy atom. The second kappa shape index (κ2) is 14.0. The van der Waals surface area contributed by atoms with E-state index in [4.69, 9.17) is 14.2 Å². The molecule has 1 spiro atoms. The van der Waals surface area contributed by atoms with Crippen molar-refractivity contribution in [3.63, 3.8) is 0 Å². The lowest BCUT2D eigenvalue weighted by molar-refractivity contribution is -0.240. The molecule has 2 aliphatic heterocycles. The number of phenolic OH excluding ortho intramolecular Hbond substituents is 7. The summed E-state index contributed by atoms with van der Waals surface area (Å²) in [6, 6.07) is 5.95. The molecule has 7 rings (SSSR count). The van der Waals surface area contributed by atoms with Gasteiger partial charge in [0.25, 0.3) is 0 Å². The van der Waals surface area contributed by atoms with Gasteiger partial charge in [-0.2, -0.15) is 0 Å². The van der Waals surface area contributed by atoms with Crippen molar-refractivity contribution in [1.82, 2.24) is 0 Å². The maximum Gasteiger partial charge on any atom is 0.338 e. The molecule has 18 heteroatoms. The number of fused-ring (bicyclic) bond motifs is 2. The second-order valence-electron chi connectivity index (χ2n) is 15.0. The van der Waals surface area contributed by atoms with Gasteiger partial charge in [0, 0.05) is 65.5 Å². The Kier molecular flexibility index (Phi) is 9.73. The highest BCUT2D eigenvalue weighted by Crippen LogP contribution is 2.59. The molecule has 298 valence electrons. The van der Waals surface area contributed by atoms with Gasteiger partial charge in [0.05, 0.1) is 36.1 Å². The van der Waals surface area contributed by atoms with Gasteiger partial charge >= 0.3 is 5.97 Å². The minimum absolute atomic E-state index is 0.0324. The van der Waals surface area contributed by atoms with Gasteiger partial charge in [0.1, 0.15) is 65.0 Å². The molecule has 13 unspecified atom stereocenters. The van der Waals surface area contributed by atoms with Crippen LogP contribution >= 0.6 is 0 Å². The van der Waals surface area contributed by atoms with Gasteiger partial charge in [-0.05, 0) is 31.4 Å². The maximum absolute atomic E-state index is 13.7. The molecule has 0 bridgehead atoms. The van der Waals surface area contributed by atoms with Crippen molar-refractivity contribution in [2.45, 2.75) is 93.1 Å². The quantitative estimate of drug-likeness (QED) is 0.113. The highest BCUT2D eigenvalue weighted by atomic mass is 16.6. The van der Waals surface area contributed by atoms with Gasteiger partial charge in [-0.15, -0.1) is 0 Å². The Hall–Kier alpha value is -4.95. The fourth-order valence-corrected chi connectivity index (χ4v) is 9.19. The van der Waals surface area contributed by atoms with Gasteiger partial charge in [-0.25, -0.2) is 4.79 Å². The van der Waals surface area contributed by atoms with Crippen molar-refractivity contribution >= 4 is 5.97 Å². The van der Waals surface area contributed by atoms with Crippen LogP contribution in [0.1, 0.15) is 40.7 Å². The number of esters is 1. The lowest BCUT2D eigenvalue weighted by Crippen LogP contribution is -2.68. The third-order valence-electron chi connectivity index (χ3n) is 11.8. The van der Waals surface area contributed by atoms with E-state index in [0.717, 1.165) is 30.3 Å². The van der Waals surface area contributed by atoms with Gasteiger partial charge in [0.2, 0.25) is 0 Å². The Bertz CT molecular complexity index is 1950. The molecule has 3 aromatic carbocycles. The standard InChI is InChI=1S/C37H42O18/c38-13-3-19(40)15-7-25(46)33(53-27(15)5-13)17-9-24(45)32(50)35(51)37(17)11-26(47)31(49)23(44)10-18(37)34-29(8-16-20(41)4-14(39)6-28(16)54-34)55-36(52)12-1-21(42)30(48)22(43)2-12/h1-6,17-18,23-26,29,31-35,38-51H,7-11H2. The summed E-state index contributed by atoms with van der Waals surface area (Å²) in [5, 5.41) is 152. The molecule has 55 heavy (non-hydrogen) atoms.